The first-order valence-electron chi connectivity index (χ1n) is 5.71. The lowest BCUT2D eigenvalue weighted by atomic mass is 9.91. The Bertz CT molecular complexity index is 210. The van der Waals surface area contributed by atoms with Crippen molar-refractivity contribution in [1.82, 2.24) is 4.90 Å². The second kappa shape index (κ2) is 5.47. The van der Waals surface area contributed by atoms with Crippen LogP contribution in [0.15, 0.2) is 0 Å². The highest BCUT2D eigenvalue weighted by molar-refractivity contribution is 5.73. The topological polar surface area (TPSA) is 60.8 Å². The van der Waals surface area contributed by atoms with Gasteiger partial charge in [0.2, 0.25) is 0 Å². The number of hydrogen-bond acceptors (Lipinski definition) is 3. The zero-order valence-corrected chi connectivity index (χ0v) is 9.52. The van der Waals surface area contributed by atoms with Crippen molar-refractivity contribution in [1.29, 1.82) is 0 Å². The van der Waals surface area contributed by atoms with E-state index >= 15 is 0 Å². The van der Waals surface area contributed by atoms with Crippen molar-refractivity contribution in [3.63, 3.8) is 0 Å². The molecule has 1 fully saturated rings. The first-order valence-corrected chi connectivity index (χ1v) is 5.71. The number of carbonyl (C=O) groups is 1. The maximum Gasteiger partial charge on any atom is 0.320 e. The van der Waals surface area contributed by atoms with E-state index in [1.54, 1.807) is 0 Å². The maximum absolute atomic E-state index is 11.0. The van der Waals surface area contributed by atoms with E-state index in [0.29, 0.717) is 12.3 Å². The van der Waals surface area contributed by atoms with E-state index in [0.717, 1.165) is 25.9 Å². The molecule has 15 heavy (non-hydrogen) atoms. The van der Waals surface area contributed by atoms with E-state index in [1.807, 2.05) is 18.7 Å². The summed E-state index contributed by atoms with van der Waals surface area (Å²) in [5.41, 5.74) is 0. The smallest absolute Gasteiger partial charge is 0.320 e. The van der Waals surface area contributed by atoms with Gasteiger partial charge in [-0.1, -0.05) is 6.92 Å². The second-order valence-corrected chi connectivity index (χ2v) is 4.38. The zero-order chi connectivity index (χ0) is 11.4. The summed E-state index contributed by atoms with van der Waals surface area (Å²) in [5.74, 6) is -0.388. The van der Waals surface area contributed by atoms with Crippen molar-refractivity contribution in [3.8, 4) is 0 Å². The molecule has 4 heteroatoms. The standard InChI is InChI=1S/C11H21NO3/c1-3-10(11(14)15)12-6-4-9(5-7-12)8(2)13/h8-10,13H,3-7H2,1-2H3,(H,14,15). The van der Waals surface area contributed by atoms with E-state index in [9.17, 15) is 9.90 Å². The molecular formula is C11H21NO3. The van der Waals surface area contributed by atoms with Crippen LogP contribution in [0.2, 0.25) is 0 Å². The monoisotopic (exact) mass is 215 g/mol. The Morgan fingerprint density at radius 1 is 1.47 bits per heavy atom. The minimum Gasteiger partial charge on any atom is -0.480 e. The summed E-state index contributed by atoms with van der Waals surface area (Å²) in [6, 6.07) is -0.347. The molecule has 1 saturated heterocycles. The molecule has 0 amide bonds. The van der Waals surface area contributed by atoms with Crippen molar-refractivity contribution in [2.24, 2.45) is 5.92 Å². The molecule has 0 aromatic heterocycles. The van der Waals surface area contributed by atoms with Crippen LogP contribution in [0.4, 0.5) is 0 Å². The maximum atomic E-state index is 11.0. The average Bonchev–Trinajstić information content (AvgIpc) is 2.19. The molecule has 0 aromatic rings. The van der Waals surface area contributed by atoms with Gasteiger partial charge in [0.05, 0.1) is 6.10 Å². The summed E-state index contributed by atoms with van der Waals surface area (Å²) in [6.07, 6.45) is 2.19. The normalized spacial score (nSPS) is 23.7. The summed E-state index contributed by atoms with van der Waals surface area (Å²) in [6.45, 7) is 5.30. The molecular weight excluding hydrogens is 194 g/mol. The largest absolute Gasteiger partial charge is 0.480 e. The van der Waals surface area contributed by atoms with Gasteiger partial charge in [-0.3, -0.25) is 9.69 Å². The molecule has 1 heterocycles. The van der Waals surface area contributed by atoms with Gasteiger partial charge in [0, 0.05) is 0 Å². The highest BCUT2D eigenvalue weighted by Gasteiger charge is 2.29. The van der Waals surface area contributed by atoms with Gasteiger partial charge < -0.3 is 10.2 Å². The summed E-state index contributed by atoms with van der Waals surface area (Å²) in [5, 5.41) is 18.4. The van der Waals surface area contributed by atoms with Gasteiger partial charge in [-0.2, -0.15) is 0 Å². The lowest BCUT2D eigenvalue weighted by Gasteiger charge is -2.36. The fourth-order valence-corrected chi connectivity index (χ4v) is 2.30. The first kappa shape index (κ1) is 12.5. The van der Waals surface area contributed by atoms with Gasteiger partial charge in [0.1, 0.15) is 6.04 Å². The Balaban J connectivity index is 2.45. The Morgan fingerprint density at radius 2 is 2.00 bits per heavy atom. The highest BCUT2D eigenvalue weighted by atomic mass is 16.4. The SMILES string of the molecule is CCC(C(=O)O)N1CCC(C(C)O)CC1. The van der Waals surface area contributed by atoms with E-state index in [-0.39, 0.29) is 12.1 Å². The molecule has 0 aliphatic carbocycles. The Morgan fingerprint density at radius 3 is 2.33 bits per heavy atom. The van der Waals surface area contributed by atoms with Crippen molar-refractivity contribution < 1.29 is 15.0 Å². The number of likely N-dealkylation sites (tertiary alicyclic amines) is 1. The quantitative estimate of drug-likeness (QED) is 0.732. The van der Waals surface area contributed by atoms with Crippen LogP contribution >= 0.6 is 0 Å². The van der Waals surface area contributed by atoms with E-state index in [2.05, 4.69) is 0 Å². The van der Waals surface area contributed by atoms with Crippen molar-refractivity contribution >= 4 is 5.97 Å². The third-order valence-electron chi connectivity index (χ3n) is 3.37. The molecule has 1 rings (SSSR count). The van der Waals surface area contributed by atoms with Crippen LogP contribution in [0, 0.1) is 5.92 Å². The van der Waals surface area contributed by atoms with Crippen LogP contribution in [0.5, 0.6) is 0 Å². The lowest BCUT2D eigenvalue weighted by molar-refractivity contribution is -0.144. The van der Waals surface area contributed by atoms with Crippen molar-refractivity contribution in [2.45, 2.75) is 45.3 Å². The van der Waals surface area contributed by atoms with Crippen LogP contribution in [0.25, 0.3) is 0 Å². The number of aliphatic hydroxyl groups is 1. The fraction of sp³-hybridized carbons (Fsp3) is 0.909. The van der Waals surface area contributed by atoms with Crippen LogP contribution in [0.3, 0.4) is 0 Å². The predicted molar refractivity (Wildman–Crippen MR) is 57.7 cm³/mol. The Labute approximate surface area is 90.9 Å². The van der Waals surface area contributed by atoms with Gasteiger partial charge in [-0.25, -0.2) is 0 Å². The Hall–Kier alpha value is -0.610. The van der Waals surface area contributed by atoms with E-state index < -0.39 is 5.97 Å². The van der Waals surface area contributed by atoms with Gasteiger partial charge in [-0.05, 0) is 45.2 Å². The van der Waals surface area contributed by atoms with Gasteiger partial charge in [0.25, 0.3) is 0 Å². The lowest BCUT2D eigenvalue weighted by Crippen LogP contribution is -2.46. The van der Waals surface area contributed by atoms with Crippen LogP contribution in [-0.2, 0) is 4.79 Å². The molecule has 0 saturated carbocycles. The number of nitrogens with zero attached hydrogens (tertiary/aromatic N) is 1. The zero-order valence-electron chi connectivity index (χ0n) is 9.52. The van der Waals surface area contributed by atoms with Crippen LogP contribution in [0.1, 0.15) is 33.1 Å². The number of aliphatic carboxylic acids is 1. The number of hydrogen-bond donors (Lipinski definition) is 2. The summed E-state index contributed by atoms with van der Waals surface area (Å²) in [7, 11) is 0. The van der Waals surface area contributed by atoms with E-state index in [4.69, 9.17) is 5.11 Å². The number of aliphatic hydroxyl groups excluding tert-OH is 1. The van der Waals surface area contributed by atoms with E-state index in [1.165, 1.54) is 0 Å². The van der Waals surface area contributed by atoms with Gasteiger partial charge in [-0.15, -0.1) is 0 Å². The minimum atomic E-state index is -0.729. The number of piperidine rings is 1. The number of carboxylic acid groups (broad SMARTS) is 1. The number of rotatable bonds is 4. The third-order valence-corrected chi connectivity index (χ3v) is 3.37. The summed E-state index contributed by atoms with van der Waals surface area (Å²) >= 11 is 0. The summed E-state index contributed by atoms with van der Waals surface area (Å²) < 4.78 is 0. The molecule has 2 atom stereocenters. The average molecular weight is 215 g/mol. The second-order valence-electron chi connectivity index (χ2n) is 4.38. The third kappa shape index (κ3) is 3.18. The highest BCUT2D eigenvalue weighted by Crippen LogP contribution is 2.22. The minimum absolute atomic E-state index is 0.267. The Kier molecular flexibility index (Phi) is 4.54. The summed E-state index contributed by atoms with van der Waals surface area (Å²) in [4.78, 5) is 13.0. The molecule has 0 aromatic carbocycles. The van der Waals surface area contributed by atoms with Crippen molar-refractivity contribution in [3.05, 3.63) is 0 Å². The molecule has 1 aliphatic rings. The first-order chi connectivity index (χ1) is 7.06. The molecule has 2 unspecified atom stereocenters. The molecule has 2 N–H and O–H groups in total. The molecule has 0 spiro atoms. The number of carboxylic acids is 1. The molecule has 4 nitrogen and oxygen atoms in total. The molecule has 1 aliphatic heterocycles. The molecule has 0 bridgehead atoms. The van der Waals surface area contributed by atoms with Crippen LogP contribution < -0.4 is 0 Å². The molecule has 0 radical (unpaired) electrons. The van der Waals surface area contributed by atoms with Gasteiger partial charge in [0.15, 0.2) is 0 Å². The van der Waals surface area contributed by atoms with Gasteiger partial charge >= 0.3 is 5.97 Å². The van der Waals surface area contributed by atoms with Crippen molar-refractivity contribution in [2.75, 3.05) is 13.1 Å². The molecule has 88 valence electrons. The predicted octanol–water partition coefficient (Wildman–Crippen LogP) is 0.942. The van der Waals surface area contributed by atoms with Crippen LogP contribution in [-0.4, -0.2) is 46.3 Å². The fourth-order valence-electron chi connectivity index (χ4n) is 2.30.